The zero-order chi connectivity index (χ0) is 24.2. The minimum absolute atomic E-state index is 0.0110. The number of carbonyl (C=O) groups excluding carboxylic acids is 1. The Labute approximate surface area is 199 Å². The van der Waals surface area contributed by atoms with Crippen LogP contribution in [0.15, 0.2) is 58.5 Å². The van der Waals surface area contributed by atoms with Gasteiger partial charge < -0.3 is 24.9 Å². The van der Waals surface area contributed by atoms with Crippen LogP contribution < -0.4 is 10.6 Å². The van der Waals surface area contributed by atoms with Gasteiger partial charge in [0.15, 0.2) is 0 Å². The average Bonchev–Trinajstić information content (AvgIpc) is 3.19. The van der Waals surface area contributed by atoms with Crippen LogP contribution in [0.25, 0.3) is 21.9 Å². The number of benzene rings is 2. The lowest BCUT2D eigenvalue weighted by Gasteiger charge is -2.38. The van der Waals surface area contributed by atoms with Crippen molar-refractivity contribution >= 4 is 33.8 Å². The minimum Gasteiger partial charge on any atom is -0.478 e. The maximum atomic E-state index is 12.0. The number of hydrogen-bond donors (Lipinski definition) is 3. The molecule has 1 aliphatic carbocycles. The molecule has 0 fully saturated rings. The van der Waals surface area contributed by atoms with E-state index in [4.69, 9.17) is 9.15 Å². The van der Waals surface area contributed by atoms with Crippen molar-refractivity contribution < 1.29 is 23.8 Å². The number of rotatable bonds is 9. The first-order chi connectivity index (χ1) is 16.4. The fourth-order valence-corrected chi connectivity index (χ4v) is 4.70. The summed E-state index contributed by atoms with van der Waals surface area (Å²) in [6.45, 7) is 6.07. The quantitative estimate of drug-likeness (QED) is 0.430. The minimum atomic E-state index is -0.961. The normalized spacial score (nSPS) is 20.6. The van der Waals surface area contributed by atoms with Gasteiger partial charge in [-0.3, -0.25) is 4.79 Å². The fraction of sp³-hybridized carbons (Fsp3) is 0.407. The number of para-hydroxylation sites is 1. The van der Waals surface area contributed by atoms with Crippen molar-refractivity contribution in [2.24, 2.45) is 0 Å². The Morgan fingerprint density at radius 3 is 2.56 bits per heavy atom. The molecule has 2 aromatic carbocycles. The van der Waals surface area contributed by atoms with Crippen LogP contribution in [-0.2, 0) is 20.9 Å². The van der Waals surface area contributed by atoms with Crippen molar-refractivity contribution in [3.8, 4) is 0 Å². The summed E-state index contributed by atoms with van der Waals surface area (Å²) in [5.41, 5.74) is 3.02. The standard InChI is InChI=1S/C27H32N2O5/c1-4-19(5-2)33-25-14-18(27(31)32)13-22(26(25)29-16(3)30)28-15-17-10-11-24-21(12-17)20-8-6-7-9-23(20)34-24/h6-12,14,19,22,25-26,28H,4-5,13,15H2,1-3H3,(H,29,30)(H,31,32)/t22-,25+,26+/m0/s1. The summed E-state index contributed by atoms with van der Waals surface area (Å²) < 4.78 is 12.2. The Bertz CT molecular complexity index is 1210. The molecule has 3 N–H and O–H groups in total. The highest BCUT2D eigenvalue weighted by molar-refractivity contribution is 6.04. The lowest BCUT2D eigenvalue weighted by atomic mass is 9.87. The largest absolute Gasteiger partial charge is 0.478 e. The van der Waals surface area contributed by atoms with Crippen molar-refractivity contribution in [2.75, 3.05) is 0 Å². The van der Waals surface area contributed by atoms with E-state index in [0.29, 0.717) is 18.5 Å². The molecule has 1 amide bonds. The van der Waals surface area contributed by atoms with Crippen LogP contribution in [0.5, 0.6) is 0 Å². The Kier molecular flexibility index (Phi) is 7.34. The molecule has 1 heterocycles. The molecule has 7 nitrogen and oxygen atoms in total. The number of amides is 1. The number of furan rings is 1. The van der Waals surface area contributed by atoms with E-state index in [1.54, 1.807) is 6.08 Å². The monoisotopic (exact) mass is 464 g/mol. The number of carboxylic acid groups (broad SMARTS) is 1. The predicted molar refractivity (Wildman–Crippen MR) is 132 cm³/mol. The summed E-state index contributed by atoms with van der Waals surface area (Å²) in [4.78, 5) is 23.9. The Morgan fingerprint density at radius 1 is 1.12 bits per heavy atom. The molecule has 180 valence electrons. The van der Waals surface area contributed by atoms with E-state index >= 15 is 0 Å². The first-order valence-electron chi connectivity index (χ1n) is 11.9. The second-order valence-corrected chi connectivity index (χ2v) is 8.88. The summed E-state index contributed by atoms with van der Waals surface area (Å²) in [5, 5.41) is 18.3. The summed E-state index contributed by atoms with van der Waals surface area (Å²) in [5.74, 6) is -1.13. The summed E-state index contributed by atoms with van der Waals surface area (Å²) in [7, 11) is 0. The third-order valence-corrected chi connectivity index (χ3v) is 6.51. The van der Waals surface area contributed by atoms with Gasteiger partial charge in [-0.1, -0.05) is 38.1 Å². The van der Waals surface area contributed by atoms with E-state index in [1.807, 2.05) is 50.2 Å². The molecule has 3 atom stereocenters. The van der Waals surface area contributed by atoms with Crippen LogP contribution >= 0.6 is 0 Å². The number of hydrogen-bond acceptors (Lipinski definition) is 5. The molecule has 0 bridgehead atoms. The lowest BCUT2D eigenvalue weighted by molar-refractivity contribution is -0.133. The Morgan fingerprint density at radius 2 is 1.85 bits per heavy atom. The van der Waals surface area contributed by atoms with Crippen LogP contribution in [0.3, 0.4) is 0 Å². The van der Waals surface area contributed by atoms with Gasteiger partial charge >= 0.3 is 5.97 Å². The molecule has 0 aliphatic heterocycles. The topological polar surface area (TPSA) is 101 Å². The summed E-state index contributed by atoms with van der Waals surface area (Å²) >= 11 is 0. The molecular weight excluding hydrogens is 432 g/mol. The van der Waals surface area contributed by atoms with Gasteiger partial charge in [0.1, 0.15) is 11.2 Å². The molecule has 34 heavy (non-hydrogen) atoms. The Hall–Kier alpha value is -3.16. The first-order valence-corrected chi connectivity index (χ1v) is 11.9. The summed E-state index contributed by atoms with van der Waals surface area (Å²) in [6, 6.07) is 13.3. The molecule has 0 saturated heterocycles. The van der Waals surface area contributed by atoms with Crippen molar-refractivity contribution in [3.05, 3.63) is 59.7 Å². The number of ether oxygens (including phenoxy) is 1. The highest BCUT2D eigenvalue weighted by Gasteiger charge is 2.37. The van der Waals surface area contributed by atoms with Gasteiger partial charge in [-0.05, 0) is 49.1 Å². The molecule has 0 saturated carbocycles. The van der Waals surface area contributed by atoms with Crippen LogP contribution in [0.1, 0.15) is 45.6 Å². The smallest absolute Gasteiger partial charge is 0.331 e. The van der Waals surface area contributed by atoms with Crippen LogP contribution in [0.4, 0.5) is 0 Å². The van der Waals surface area contributed by atoms with Gasteiger partial charge in [0.05, 0.1) is 18.2 Å². The number of carboxylic acids is 1. The zero-order valence-electron chi connectivity index (χ0n) is 19.8. The number of aliphatic carboxylic acids is 1. The number of carbonyl (C=O) groups is 2. The van der Waals surface area contributed by atoms with Crippen molar-refractivity contribution in [1.82, 2.24) is 10.6 Å². The molecule has 0 spiro atoms. The van der Waals surface area contributed by atoms with E-state index < -0.39 is 12.1 Å². The van der Waals surface area contributed by atoms with Crippen molar-refractivity contribution in [3.63, 3.8) is 0 Å². The first kappa shape index (κ1) is 24.0. The third kappa shape index (κ3) is 5.16. The van der Waals surface area contributed by atoms with Crippen molar-refractivity contribution in [1.29, 1.82) is 0 Å². The molecule has 0 unspecified atom stereocenters. The maximum absolute atomic E-state index is 12.0. The van der Waals surface area contributed by atoms with Gasteiger partial charge in [0, 0.05) is 35.9 Å². The second-order valence-electron chi connectivity index (χ2n) is 8.88. The second kappa shape index (κ2) is 10.4. The molecule has 0 radical (unpaired) electrons. The van der Waals surface area contributed by atoms with Crippen molar-refractivity contribution in [2.45, 2.75) is 70.9 Å². The fourth-order valence-electron chi connectivity index (χ4n) is 4.70. The van der Waals surface area contributed by atoms with E-state index in [2.05, 4.69) is 16.7 Å². The van der Waals surface area contributed by atoms with Gasteiger partial charge in [-0.25, -0.2) is 4.79 Å². The summed E-state index contributed by atoms with van der Waals surface area (Å²) in [6.07, 6.45) is 3.04. The number of nitrogens with one attached hydrogen (secondary N) is 2. The van der Waals surface area contributed by atoms with E-state index in [9.17, 15) is 14.7 Å². The molecular formula is C27H32N2O5. The van der Waals surface area contributed by atoms with E-state index in [-0.39, 0.29) is 24.1 Å². The van der Waals surface area contributed by atoms with E-state index in [0.717, 1.165) is 40.3 Å². The Balaban J connectivity index is 1.59. The molecule has 4 rings (SSSR count). The predicted octanol–water partition coefficient (Wildman–Crippen LogP) is 4.54. The maximum Gasteiger partial charge on any atom is 0.331 e. The van der Waals surface area contributed by atoms with Crippen LogP contribution in [0, 0.1) is 0 Å². The SMILES string of the molecule is CCC(CC)O[C@@H]1C=C(C(=O)O)C[C@H](NCc2ccc3oc4ccccc4c3c2)[C@H]1NC(C)=O. The number of fused-ring (bicyclic) bond motifs is 3. The van der Waals surface area contributed by atoms with Gasteiger partial charge in [0.2, 0.25) is 5.91 Å². The van der Waals surface area contributed by atoms with Gasteiger partial charge in [0.25, 0.3) is 0 Å². The molecule has 1 aromatic heterocycles. The van der Waals surface area contributed by atoms with Crippen LogP contribution in [-0.4, -0.2) is 41.3 Å². The van der Waals surface area contributed by atoms with E-state index in [1.165, 1.54) is 6.92 Å². The lowest BCUT2D eigenvalue weighted by Crippen LogP contribution is -2.58. The zero-order valence-corrected chi connectivity index (χ0v) is 19.8. The van der Waals surface area contributed by atoms with Crippen LogP contribution in [0.2, 0.25) is 0 Å². The molecule has 7 heteroatoms. The molecule has 1 aliphatic rings. The highest BCUT2D eigenvalue weighted by Crippen LogP contribution is 2.30. The van der Waals surface area contributed by atoms with Gasteiger partial charge in [-0.2, -0.15) is 0 Å². The highest BCUT2D eigenvalue weighted by atomic mass is 16.5. The van der Waals surface area contributed by atoms with Gasteiger partial charge in [-0.15, -0.1) is 0 Å². The average molecular weight is 465 g/mol. The third-order valence-electron chi connectivity index (χ3n) is 6.51. The molecule has 3 aromatic rings.